The molecule has 0 atom stereocenters. The summed E-state index contributed by atoms with van der Waals surface area (Å²) in [6.07, 6.45) is 1.61. The van der Waals surface area contributed by atoms with Gasteiger partial charge in [-0.15, -0.1) is 0 Å². The molecule has 1 aromatic heterocycles. The molecule has 0 saturated carbocycles. The van der Waals surface area contributed by atoms with Crippen LogP contribution in [0.25, 0.3) is 11.5 Å². The van der Waals surface area contributed by atoms with Crippen molar-refractivity contribution in [2.45, 2.75) is 13.1 Å². The Balaban J connectivity index is 1.56. The van der Waals surface area contributed by atoms with Crippen LogP contribution in [-0.2, 0) is 13.1 Å². The van der Waals surface area contributed by atoms with Gasteiger partial charge in [0.25, 0.3) is 0 Å². The molecule has 0 bridgehead atoms. The number of ether oxygens (including phenoxy) is 2. The summed E-state index contributed by atoms with van der Waals surface area (Å²) in [6.45, 7) is 0.852. The van der Waals surface area contributed by atoms with Crippen molar-refractivity contribution in [3.05, 3.63) is 66.1 Å². The van der Waals surface area contributed by atoms with Crippen LogP contribution < -0.4 is 20.5 Å². The van der Waals surface area contributed by atoms with Gasteiger partial charge >= 0.3 is 0 Å². The van der Waals surface area contributed by atoms with E-state index in [9.17, 15) is 0 Å². The topological polar surface area (TPSA) is 94.9 Å². The van der Waals surface area contributed by atoms with Crippen molar-refractivity contribution in [3.63, 3.8) is 0 Å². The summed E-state index contributed by atoms with van der Waals surface area (Å²) in [6, 6.07) is 15.4. The van der Waals surface area contributed by atoms with Gasteiger partial charge in [0, 0.05) is 5.56 Å². The third-order valence-electron chi connectivity index (χ3n) is 3.90. The highest BCUT2D eigenvalue weighted by atomic mass is 16.5. The van der Waals surface area contributed by atoms with Crippen molar-refractivity contribution in [2.75, 3.05) is 14.2 Å². The molecular weight excluding hydrogens is 344 g/mol. The van der Waals surface area contributed by atoms with E-state index in [0.717, 1.165) is 16.8 Å². The Morgan fingerprint density at radius 3 is 2.63 bits per heavy atom. The number of nitrogens with one attached hydrogen (secondary N) is 1. The molecule has 0 amide bonds. The molecule has 0 spiro atoms. The lowest BCUT2D eigenvalue weighted by molar-refractivity contribution is 0.354. The highest BCUT2D eigenvalue weighted by Gasteiger charge is 2.07. The molecule has 0 aliphatic carbocycles. The van der Waals surface area contributed by atoms with Gasteiger partial charge in [-0.1, -0.05) is 24.3 Å². The minimum Gasteiger partial charge on any atom is -0.493 e. The second-order valence-corrected chi connectivity index (χ2v) is 5.75. The smallest absolute Gasteiger partial charge is 0.226 e. The molecule has 0 unspecified atom stereocenters. The Bertz CT molecular complexity index is 907. The molecular formula is C20H22N4O3. The standard InChI is InChI=1S/C20H22N4O3/c1-25-17-9-8-14(10-18(17)26-2)11-22-20(21)23-12-16-13-27-19(24-16)15-6-4-3-5-7-15/h3-10,13H,11-12H2,1-2H3,(H3,21,22,23). The van der Waals surface area contributed by atoms with Gasteiger partial charge in [0.1, 0.15) is 6.26 Å². The molecule has 0 aliphatic rings. The SMILES string of the molecule is COc1ccc(CN=C(N)NCc2coc(-c3ccccc3)n2)cc1OC. The first-order valence-corrected chi connectivity index (χ1v) is 8.44. The molecule has 0 aliphatic heterocycles. The van der Waals surface area contributed by atoms with Gasteiger partial charge in [-0.3, -0.25) is 0 Å². The maximum atomic E-state index is 5.94. The molecule has 7 nitrogen and oxygen atoms in total. The Morgan fingerprint density at radius 1 is 1.11 bits per heavy atom. The van der Waals surface area contributed by atoms with Crippen LogP contribution in [0.15, 0.2) is 64.2 Å². The number of aromatic nitrogens is 1. The van der Waals surface area contributed by atoms with Crippen molar-refractivity contribution < 1.29 is 13.9 Å². The number of aliphatic imine (C=N–C) groups is 1. The minimum absolute atomic E-state index is 0.328. The van der Waals surface area contributed by atoms with Crippen molar-refractivity contribution in [2.24, 2.45) is 10.7 Å². The Labute approximate surface area is 157 Å². The normalized spacial score (nSPS) is 11.3. The molecule has 0 radical (unpaired) electrons. The molecule has 3 aromatic rings. The Morgan fingerprint density at radius 2 is 1.89 bits per heavy atom. The minimum atomic E-state index is 0.328. The van der Waals surface area contributed by atoms with Crippen molar-refractivity contribution in [1.82, 2.24) is 10.3 Å². The number of hydrogen-bond acceptors (Lipinski definition) is 5. The lowest BCUT2D eigenvalue weighted by atomic mass is 10.2. The van der Waals surface area contributed by atoms with Crippen LogP contribution in [0.2, 0.25) is 0 Å². The predicted octanol–water partition coefficient (Wildman–Crippen LogP) is 2.96. The van der Waals surface area contributed by atoms with Crippen LogP contribution >= 0.6 is 0 Å². The molecule has 1 heterocycles. The maximum absolute atomic E-state index is 5.94. The lowest BCUT2D eigenvalue weighted by Crippen LogP contribution is -2.31. The molecule has 0 fully saturated rings. The number of guanidine groups is 1. The number of oxazole rings is 1. The van der Waals surface area contributed by atoms with Gasteiger partial charge in [0.2, 0.25) is 5.89 Å². The van der Waals surface area contributed by atoms with Gasteiger partial charge < -0.3 is 24.9 Å². The zero-order chi connectivity index (χ0) is 19.1. The van der Waals surface area contributed by atoms with Gasteiger partial charge in [-0.05, 0) is 29.8 Å². The second-order valence-electron chi connectivity index (χ2n) is 5.75. The lowest BCUT2D eigenvalue weighted by Gasteiger charge is -2.09. The molecule has 0 saturated heterocycles. The van der Waals surface area contributed by atoms with E-state index in [-0.39, 0.29) is 0 Å². The molecule has 27 heavy (non-hydrogen) atoms. The zero-order valence-electron chi connectivity index (χ0n) is 15.3. The maximum Gasteiger partial charge on any atom is 0.226 e. The van der Waals surface area contributed by atoms with Gasteiger partial charge in [0.05, 0.1) is 33.0 Å². The van der Waals surface area contributed by atoms with Crippen molar-refractivity contribution >= 4 is 5.96 Å². The van der Waals surface area contributed by atoms with Crippen LogP contribution in [0.5, 0.6) is 11.5 Å². The van der Waals surface area contributed by atoms with Crippen LogP contribution in [-0.4, -0.2) is 25.2 Å². The summed E-state index contributed by atoms with van der Waals surface area (Å²) in [5.41, 5.74) is 8.58. The van der Waals surface area contributed by atoms with Crippen LogP contribution in [0, 0.1) is 0 Å². The van der Waals surface area contributed by atoms with Crippen molar-refractivity contribution in [1.29, 1.82) is 0 Å². The highest BCUT2D eigenvalue weighted by Crippen LogP contribution is 2.27. The van der Waals surface area contributed by atoms with Crippen molar-refractivity contribution in [3.8, 4) is 23.0 Å². The number of benzene rings is 2. The van der Waals surface area contributed by atoms with Crippen LogP contribution in [0.3, 0.4) is 0 Å². The predicted molar refractivity (Wildman–Crippen MR) is 104 cm³/mol. The number of hydrogen-bond donors (Lipinski definition) is 2. The first kappa shape index (κ1) is 18.3. The van der Waals surface area contributed by atoms with E-state index in [4.69, 9.17) is 19.6 Å². The monoisotopic (exact) mass is 366 g/mol. The highest BCUT2D eigenvalue weighted by molar-refractivity contribution is 5.77. The van der Waals surface area contributed by atoms with E-state index in [0.29, 0.717) is 36.4 Å². The van der Waals surface area contributed by atoms with E-state index in [1.807, 2.05) is 48.5 Å². The molecule has 3 N–H and O–H groups in total. The van der Waals surface area contributed by atoms with E-state index in [1.165, 1.54) is 0 Å². The summed E-state index contributed by atoms with van der Waals surface area (Å²) >= 11 is 0. The van der Waals surface area contributed by atoms with Crippen LogP contribution in [0.4, 0.5) is 0 Å². The van der Waals surface area contributed by atoms with E-state index >= 15 is 0 Å². The third-order valence-corrected chi connectivity index (χ3v) is 3.90. The second kappa shape index (κ2) is 8.75. The van der Waals surface area contributed by atoms with Gasteiger partial charge in [0.15, 0.2) is 17.5 Å². The summed E-state index contributed by atoms with van der Waals surface area (Å²) in [4.78, 5) is 8.78. The molecule has 3 rings (SSSR count). The number of nitrogens with zero attached hydrogens (tertiary/aromatic N) is 2. The fourth-order valence-electron chi connectivity index (χ4n) is 2.49. The first-order chi connectivity index (χ1) is 13.2. The quantitative estimate of drug-likeness (QED) is 0.493. The summed E-state index contributed by atoms with van der Waals surface area (Å²) in [5, 5.41) is 3.03. The summed E-state index contributed by atoms with van der Waals surface area (Å²) < 4.78 is 16.0. The van der Waals surface area contributed by atoms with E-state index in [1.54, 1.807) is 20.5 Å². The number of nitrogens with two attached hydrogens (primary N) is 1. The third kappa shape index (κ3) is 4.78. The van der Waals surface area contributed by atoms with Crippen LogP contribution in [0.1, 0.15) is 11.3 Å². The molecule has 7 heteroatoms. The Kier molecular flexibility index (Phi) is 5.94. The van der Waals surface area contributed by atoms with E-state index < -0.39 is 0 Å². The molecule has 140 valence electrons. The largest absolute Gasteiger partial charge is 0.493 e. The fourth-order valence-corrected chi connectivity index (χ4v) is 2.49. The average molecular weight is 366 g/mol. The van der Waals surface area contributed by atoms with Gasteiger partial charge in [-0.2, -0.15) is 0 Å². The fraction of sp³-hybridized carbons (Fsp3) is 0.200. The Hall–Kier alpha value is -3.48. The summed E-state index contributed by atoms with van der Waals surface area (Å²) in [7, 11) is 3.20. The zero-order valence-corrected chi connectivity index (χ0v) is 15.3. The molecule has 2 aromatic carbocycles. The first-order valence-electron chi connectivity index (χ1n) is 8.44. The number of methoxy groups -OCH3 is 2. The van der Waals surface area contributed by atoms with E-state index in [2.05, 4.69) is 15.3 Å². The number of rotatable bonds is 7. The average Bonchev–Trinajstić information content (AvgIpc) is 3.20. The van der Waals surface area contributed by atoms with Gasteiger partial charge in [-0.25, -0.2) is 9.98 Å². The summed E-state index contributed by atoms with van der Waals surface area (Å²) in [5.74, 6) is 2.24.